The Morgan fingerprint density at radius 1 is 1.14 bits per heavy atom. The van der Waals surface area contributed by atoms with Crippen LogP contribution in [0, 0.1) is 0 Å². The fourth-order valence-corrected chi connectivity index (χ4v) is 3.08. The third kappa shape index (κ3) is 4.21. The maximum Gasteiger partial charge on any atom is 0.281 e. The van der Waals surface area contributed by atoms with E-state index in [-0.39, 0.29) is 24.5 Å². The van der Waals surface area contributed by atoms with Gasteiger partial charge in [-0.1, -0.05) is 0 Å². The zero-order valence-electron chi connectivity index (χ0n) is 15.7. The Hall–Kier alpha value is -3.81. The topological polar surface area (TPSA) is 97.3 Å². The van der Waals surface area contributed by atoms with Gasteiger partial charge in [0.2, 0.25) is 5.91 Å². The standard InChI is InChI=1S/C21H19N3O5/c1-14(25)22-15-6-8-16(9-7-15)29-13-21(26)24-18(20-5-3-11-28-20)12-17(23-24)19-4-2-10-27-19/h2-11,18H,12-13H2,1H3,(H,22,25). The van der Waals surface area contributed by atoms with Crippen molar-refractivity contribution in [3.05, 3.63) is 72.6 Å². The maximum absolute atomic E-state index is 12.8. The van der Waals surface area contributed by atoms with Gasteiger partial charge in [-0.3, -0.25) is 9.59 Å². The minimum Gasteiger partial charge on any atom is -0.484 e. The molecule has 0 saturated heterocycles. The first-order valence-corrected chi connectivity index (χ1v) is 9.07. The molecule has 29 heavy (non-hydrogen) atoms. The van der Waals surface area contributed by atoms with Crippen molar-refractivity contribution in [1.82, 2.24) is 5.01 Å². The van der Waals surface area contributed by atoms with Gasteiger partial charge in [-0.15, -0.1) is 0 Å². The van der Waals surface area contributed by atoms with Crippen LogP contribution in [0.3, 0.4) is 0 Å². The number of anilines is 1. The van der Waals surface area contributed by atoms with Crippen LogP contribution in [0.4, 0.5) is 5.69 Å². The highest BCUT2D eigenvalue weighted by Gasteiger charge is 2.35. The molecule has 1 N–H and O–H groups in total. The zero-order valence-corrected chi connectivity index (χ0v) is 15.7. The Bertz CT molecular complexity index is 1010. The summed E-state index contributed by atoms with van der Waals surface area (Å²) in [6, 6.07) is 13.6. The summed E-state index contributed by atoms with van der Waals surface area (Å²) < 4.78 is 16.5. The highest BCUT2D eigenvalue weighted by molar-refractivity contribution is 6.01. The Morgan fingerprint density at radius 3 is 2.55 bits per heavy atom. The number of hydrogen-bond acceptors (Lipinski definition) is 6. The van der Waals surface area contributed by atoms with Gasteiger partial charge >= 0.3 is 0 Å². The molecule has 0 aliphatic carbocycles. The smallest absolute Gasteiger partial charge is 0.281 e. The van der Waals surface area contributed by atoms with Crippen LogP contribution in [0.25, 0.3) is 0 Å². The summed E-state index contributed by atoms with van der Waals surface area (Å²) in [5.74, 6) is 1.31. The lowest BCUT2D eigenvalue weighted by atomic mass is 10.1. The van der Waals surface area contributed by atoms with Gasteiger partial charge < -0.3 is 18.9 Å². The predicted octanol–water partition coefficient (Wildman–Crippen LogP) is 3.59. The normalized spacial score (nSPS) is 15.8. The number of furan rings is 2. The number of hydrogen-bond donors (Lipinski definition) is 1. The number of carbonyl (C=O) groups excluding carboxylic acids is 2. The van der Waals surface area contributed by atoms with Crippen molar-refractivity contribution in [3.8, 4) is 5.75 Å². The minimum atomic E-state index is -0.358. The van der Waals surface area contributed by atoms with E-state index in [1.165, 1.54) is 11.9 Å². The van der Waals surface area contributed by atoms with Gasteiger partial charge in [-0.2, -0.15) is 5.10 Å². The lowest BCUT2D eigenvalue weighted by Crippen LogP contribution is -2.31. The summed E-state index contributed by atoms with van der Waals surface area (Å²) >= 11 is 0. The highest BCUT2D eigenvalue weighted by atomic mass is 16.5. The van der Waals surface area contributed by atoms with E-state index in [0.717, 1.165) is 0 Å². The fraction of sp³-hybridized carbons (Fsp3) is 0.190. The first-order chi connectivity index (χ1) is 14.1. The maximum atomic E-state index is 12.8. The molecule has 1 aliphatic heterocycles. The molecular weight excluding hydrogens is 374 g/mol. The predicted molar refractivity (Wildman–Crippen MR) is 104 cm³/mol. The first-order valence-electron chi connectivity index (χ1n) is 9.07. The van der Waals surface area contributed by atoms with Crippen LogP contribution < -0.4 is 10.1 Å². The van der Waals surface area contributed by atoms with Crippen molar-refractivity contribution in [3.63, 3.8) is 0 Å². The first kappa shape index (κ1) is 18.5. The van der Waals surface area contributed by atoms with E-state index in [2.05, 4.69) is 10.4 Å². The quantitative estimate of drug-likeness (QED) is 0.690. The number of rotatable bonds is 6. The monoisotopic (exact) mass is 393 g/mol. The largest absolute Gasteiger partial charge is 0.484 e. The fourth-order valence-electron chi connectivity index (χ4n) is 3.08. The average Bonchev–Trinajstić information content (AvgIpc) is 3.47. The molecule has 8 heteroatoms. The summed E-state index contributed by atoms with van der Waals surface area (Å²) in [6.07, 6.45) is 3.62. The van der Waals surface area contributed by atoms with Crippen molar-refractivity contribution in [2.24, 2.45) is 5.10 Å². The Labute approximate surface area is 166 Å². The van der Waals surface area contributed by atoms with E-state index in [1.807, 2.05) is 6.07 Å². The molecular formula is C21H19N3O5. The Kier molecular flexibility index (Phi) is 5.15. The molecule has 1 unspecified atom stereocenters. The molecule has 0 saturated carbocycles. The summed E-state index contributed by atoms with van der Waals surface area (Å²) in [6.45, 7) is 1.25. The van der Waals surface area contributed by atoms with Crippen LogP contribution in [0.15, 0.2) is 75.0 Å². The molecule has 3 heterocycles. The molecule has 148 valence electrons. The Balaban J connectivity index is 1.45. The minimum absolute atomic E-state index is 0.155. The molecule has 4 rings (SSSR count). The van der Waals surface area contributed by atoms with Gasteiger partial charge in [0.25, 0.3) is 5.91 Å². The summed E-state index contributed by atoms with van der Waals surface area (Å²) in [5, 5.41) is 8.50. The van der Waals surface area contributed by atoms with Gasteiger partial charge in [-0.25, -0.2) is 5.01 Å². The number of carbonyl (C=O) groups is 2. The number of ether oxygens (including phenoxy) is 1. The Morgan fingerprint density at radius 2 is 1.90 bits per heavy atom. The molecule has 2 amide bonds. The van der Waals surface area contributed by atoms with Gasteiger partial charge in [0, 0.05) is 19.0 Å². The summed E-state index contributed by atoms with van der Waals surface area (Å²) in [5.41, 5.74) is 1.32. The van der Waals surface area contributed by atoms with Crippen molar-refractivity contribution >= 4 is 23.2 Å². The van der Waals surface area contributed by atoms with E-state index in [4.69, 9.17) is 13.6 Å². The summed E-state index contributed by atoms with van der Waals surface area (Å²) in [4.78, 5) is 23.9. The molecule has 0 bridgehead atoms. The number of amides is 2. The van der Waals surface area contributed by atoms with Gasteiger partial charge in [0.05, 0.1) is 12.5 Å². The molecule has 3 aromatic rings. The number of benzene rings is 1. The molecule has 8 nitrogen and oxygen atoms in total. The van der Waals surface area contributed by atoms with Crippen LogP contribution >= 0.6 is 0 Å². The molecule has 2 aromatic heterocycles. The van der Waals surface area contributed by atoms with E-state index in [9.17, 15) is 9.59 Å². The highest BCUT2D eigenvalue weighted by Crippen LogP contribution is 2.33. The molecule has 1 aliphatic rings. The second-order valence-electron chi connectivity index (χ2n) is 6.49. The molecule has 0 fully saturated rings. The van der Waals surface area contributed by atoms with Crippen molar-refractivity contribution in [2.45, 2.75) is 19.4 Å². The number of hydrazone groups is 1. The SMILES string of the molecule is CC(=O)Nc1ccc(OCC(=O)N2N=C(c3ccco3)CC2c2ccco2)cc1. The van der Waals surface area contributed by atoms with Crippen LogP contribution in [0.2, 0.25) is 0 Å². The van der Waals surface area contributed by atoms with Gasteiger partial charge in [0.1, 0.15) is 29.0 Å². The summed E-state index contributed by atoms with van der Waals surface area (Å²) in [7, 11) is 0. The van der Waals surface area contributed by atoms with Crippen LogP contribution in [-0.4, -0.2) is 29.1 Å². The van der Waals surface area contributed by atoms with Crippen molar-refractivity contribution < 1.29 is 23.2 Å². The van der Waals surface area contributed by atoms with Crippen molar-refractivity contribution in [1.29, 1.82) is 0 Å². The lowest BCUT2D eigenvalue weighted by Gasteiger charge is -2.20. The van der Waals surface area contributed by atoms with Crippen molar-refractivity contribution in [2.75, 3.05) is 11.9 Å². The van der Waals surface area contributed by atoms with E-state index >= 15 is 0 Å². The molecule has 0 spiro atoms. The van der Waals surface area contributed by atoms with E-state index in [0.29, 0.717) is 35.1 Å². The number of nitrogens with one attached hydrogen (secondary N) is 1. The molecule has 0 radical (unpaired) electrons. The second kappa shape index (κ2) is 8.05. The zero-order chi connectivity index (χ0) is 20.2. The van der Waals surface area contributed by atoms with E-state index in [1.54, 1.807) is 55.0 Å². The third-order valence-corrected chi connectivity index (χ3v) is 4.38. The van der Waals surface area contributed by atoms with Crippen LogP contribution in [-0.2, 0) is 9.59 Å². The van der Waals surface area contributed by atoms with Gasteiger partial charge in [0.15, 0.2) is 6.61 Å². The average molecular weight is 393 g/mol. The second-order valence-corrected chi connectivity index (χ2v) is 6.49. The number of nitrogens with zero attached hydrogens (tertiary/aromatic N) is 2. The molecule has 1 aromatic carbocycles. The van der Waals surface area contributed by atoms with Crippen LogP contribution in [0.5, 0.6) is 5.75 Å². The van der Waals surface area contributed by atoms with Crippen LogP contribution in [0.1, 0.15) is 30.9 Å². The third-order valence-electron chi connectivity index (χ3n) is 4.38. The van der Waals surface area contributed by atoms with E-state index < -0.39 is 0 Å². The van der Waals surface area contributed by atoms with Gasteiger partial charge in [-0.05, 0) is 48.5 Å². The lowest BCUT2D eigenvalue weighted by molar-refractivity contribution is -0.135. The molecule has 1 atom stereocenters.